The fourth-order valence-corrected chi connectivity index (χ4v) is 3.45. The number of piperidine rings is 1. The molecule has 0 spiro atoms. The molecule has 0 unspecified atom stereocenters. The summed E-state index contributed by atoms with van der Waals surface area (Å²) < 4.78 is 0. The summed E-state index contributed by atoms with van der Waals surface area (Å²) in [5.74, 6) is 0.932. The van der Waals surface area contributed by atoms with Gasteiger partial charge in [0, 0.05) is 30.9 Å². The number of nitrogens with zero attached hydrogens (tertiary/aromatic N) is 1. The predicted octanol–water partition coefficient (Wildman–Crippen LogP) is 3.72. The Balaban J connectivity index is 1.55. The Morgan fingerprint density at radius 2 is 1.81 bits per heavy atom. The Morgan fingerprint density at radius 1 is 1.14 bits per heavy atom. The summed E-state index contributed by atoms with van der Waals surface area (Å²) >= 11 is 4.35. The van der Waals surface area contributed by atoms with Gasteiger partial charge < -0.3 is 10.2 Å². The first kappa shape index (κ1) is 14.8. The summed E-state index contributed by atoms with van der Waals surface area (Å²) in [5.41, 5.74) is 2.35. The number of rotatable bonds is 5. The van der Waals surface area contributed by atoms with Crippen LogP contribution in [0.4, 0.5) is 11.4 Å². The highest BCUT2D eigenvalue weighted by Gasteiger charge is 2.42. The average Bonchev–Trinajstić information content (AvgIpc) is 3.29. The lowest BCUT2D eigenvalue weighted by Gasteiger charge is -2.28. The summed E-state index contributed by atoms with van der Waals surface area (Å²) in [6, 6.07) is 8.27. The lowest BCUT2D eigenvalue weighted by molar-refractivity contribution is -0.117. The molecule has 1 aliphatic carbocycles. The molecule has 114 valence electrons. The first-order chi connectivity index (χ1) is 10.2. The van der Waals surface area contributed by atoms with E-state index in [9.17, 15) is 4.79 Å². The molecule has 1 amide bonds. The number of benzene rings is 1. The van der Waals surface area contributed by atoms with E-state index in [4.69, 9.17) is 0 Å². The molecule has 3 rings (SSSR count). The fraction of sp³-hybridized carbons (Fsp3) is 0.588. The Labute approximate surface area is 132 Å². The zero-order valence-corrected chi connectivity index (χ0v) is 13.4. The molecule has 0 atom stereocenters. The van der Waals surface area contributed by atoms with Crippen molar-refractivity contribution >= 4 is 29.9 Å². The zero-order valence-electron chi connectivity index (χ0n) is 12.5. The normalized spacial score (nSPS) is 20.1. The lowest BCUT2D eigenvalue weighted by Crippen LogP contribution is -2.29. The number of hydrogen-bond acceptors (Lipinski definition) is 3. The van der Waals surface area contributed by atoms with Crippen molar-refractivity contribution in [2.75, 3.05) is 29.1 Å². The van der Waals surface area contributed by atoms with Gasteiger partial charge in [-0.25, -0.2) is 0 Å². The number of amides is 1. The molecule has 1 saturated carbocycles. The van der Waals surface area contributed by atoms with Crippen LogP contribution in [0.1, 0.15) is 38.5 Å². The number of carbonyl (C=O) groups excluding carboxylic acids is 1. The second-order valence-corrected chi connectivity index (χ2v) is 6.79. The number of nitrogens with one attached hydrogen (secondary N) is 1. The third-order valence-electron chi connectivity index (χ3n) is 4.70. The van der Waals surface area contributed by atoms with Gasteiger partial charge >= 0.3 is 0 Å². The molecule has 1 heterocycles. The SMILES string of the molecule is O=C(CC1(CS)CC1)Nc1ccc(N2CCCCC2)cc1. The van der Waals surface area contributed by atoms with E-state index in [1.165, 1.54) is 24.9 Å². The van der Waals surface area contributed by atoms with Crippen LogP contribution in [0, 0.1) is 5.41 Å². The van der Waals surface area contributed by atoms with E-state index in [0.29, 0.717) is 6.42 Å². The van der Waals surface area contributed by atoms with E-state index in [1.807, 2.05) is 12.1 Å². The Hall–Kier alpha value is -1.16. The molecule has 2 fully saturated rings. The smallest absolute Gasteiger partial charge is 0.224 e. The van der Waals surface area contributed by atoms with Crippen molar-refractivity contribution in [3.05, 3.63) is 24.3 Å². The van der Waals surface area contributed by atoms with Crippen LogP contribution in [0.15, 0.2) is 24.3 Å². The lowest BCUT2D eigenvalue weighted by atomic mass is 10.1. The van der Waals surface area contributed by atoms with Crippen molar-refractivity contribution in [2.45, 2.75) is 38.5 Å². The van der Waals surface area contributed by atoms with Crippen molar-refractivity contribution in [3.8, 4) is 0 Å². The standard InChI is InChI=1S/C17H24N2OS/c20-16(12-17(13-21)8-9-17)18-14-4-6-15(7-5-14)19-10-2-1-3-11-19/h4-7,21H,1-3,8-13H2,(H,18,20). The third-order valence-corrected chi connectivity index (χ3v) is 5.37. The Kier molecular flexibility index (Phi) is 4.43. The largest absolute Gasteiger partial charge is 0.372 e. The van der Waals surface area contributed by atoms with Gasteiger partial charge in [0.05, 0.1) is 0 Å². The van der Waals surface area contributed by atoms with Crippen LogP contribution in [-0.4, -0.2) is 24.7 Å². The highest BCUT2D eigenvalue weighted by Crippen LogP contribution is 2.49. The maximum absolute atomic E-state index is 12.1. The van der Waals surface area contributed by atoms with Crippen LogP contribution in [-0.2, 0) is 4.79 Å². The van der Waals surface area contributed by atoms with Crippen LogP contribution in [0.25, 0.3) is 0 Å². The number of anilines is 2. The first-order valence-electron chi connectivity index (χ1n) is 7.97. The van der Waals surface area contributed by atoms with Crippen LogP contribution in [0.2, 0.25) is 0 Å². The average molecular weight is 304 g/mol. The highest BCUT2D eigenvalue weighted by molar-refractivity contribution is 7.80. The van der Waals surface area contributed by atoms with E-state index >= 15 is 0 Å². The molecule has 0 aromatic heterocycles. The summed E-state index contributed by atoms with van der Waals surface area (Å²) in [4.78, 5) is 14.5. The van der Waals surface area contributed by atoms with Gasteiger partial charge in [0.15, 0.2) is 0 Å². The summed E-state index contributed by atoms with van der Waals surface area (Å²) in [7, 11) is 0. The molecule has 1 aliphatic heterocycles. The molecule has 1 N–H and O–H groups in total. The first-order valence-corrected chi connectivity index (χ1v) is 8.60. The van der Waals surface area contributed by atoms with Crippen molar-refractivity contribution in [1.29, 1.82) is 0 Å². The van der Waals surface area contributed by atoms with E-state index in [-0.39, 0.29) is 11.3 Å². The van der Waals surface area contributed by atoms with Crippen LogP contribution in [0.5, 0.6) is 0 Å². The van der Waals surface area contributed by atoms with E-state index in [0.717, 1.165) is 37.4 Å². The second-order valence-electron chi connectivity index (χ2n) is 6.48. The van der Waals surface area contributed by atoms with Gasteiger partial charge in [-0.1, -0.05) is 0 Å². The number of thiol groups is 1. The van der Waals surface area contributed by atoms with Gasteiger partial charge in [0.25, 0.3) is 0 Å². The second kappa shape index (κ2) is 6.30. The van der Waals surface area contributed by atoms with Gasteiger partial charge in [0.2, 0.25) is 5.91 Å². The highest BCUT2D eigenvalue weighted by atomic mass is 32.1. The van der Waals surface area contributed by atoms with Crippen molar-refractivity contribution in [2.24, 2.45) is 5.41 Å². The van der Waals surface area contributed by atoms with Crippen molar-refractivity contribution in [3.63, 3.8) is 0 Å². The van der Waals surface area contributed by atoms with Crippen molar-refractivity contribution < 1.29 is 4.79 Å². The zero-order chi connectivity index (χ0) is 14.7. The quantitative estimate of drug-likeness (QED) is 0.813. The molecular formula is C17H24N2OS. The third kappa shape index (κ3) is 3.73. The van der Waals surface area contributed by atoms with Gasteiger partial charge in [-0.05, 0) is 67.5 Å². The van der Waals surface area contributed by atoms with Crippen LogP contribution in [0.3, 0.4) is 0 Å². The van der Waals surface area contributed by atoms with E-state index < -0.39 is 0 Å². The monoisotopic (exact) mass is 304 g/mol. The molecule has 1 aromatic carbocycles. The van der Waals surface area contributed by atoms with Gasteiger partial charge in [-0.2, -0.15) is 12.6 Å². The summed E-state index contributed by atoms with van der Waals surface area (Å²) in [6.45, 7) is 2.30. The Bertz CT molecular complexity index is 490. The maximum Gasteiger partial charge on any atom is 0.224 e. The minimum atomic E-state index is 0.118. The Morgan fingerprint density at radius 3 is 2.38 bits per heavy atom. The van der Waals surface area contributed by atoms with Gasteiger partial charge in [-0.3, -0.25) is 4.79 Å². The van der Waals surface area contributed by atoms with Gasteiger partial charge in [0.1, 0.15) is 0 Å². The topological polar surface area (TPSA) is 32.3 Å². The molecule has 1 aromatic rings. The molecule has 21 heavy (non-hydrogen) atoms. The molecule has 3 nitrogen and oxygen atoms in total. The van der Waals surface area contributed by atoms with E-state index in [1.54, 1.807) is 0 Å². The van der Waals surface area contributed by atoms with Crippen LogP contribution < -0.4 is 10.2 Å². The molecular weight excluding hydrogens is 280 g/mol. The molecule has 2 aliphatic rings. The van der Waals surface area contributed by atoms with E-state index in [2.05, 4.69) is 35.0 Å². The minimum Gasteiger partial charge on any atom is -0.372 e. The predicted molar refractivity (Wildman–Crippen MR) is 91.3 cm³/mol. The van der Waals surface area contributed by atoms with Crippen LogP contribution >= 0.6 is 12.6 Å². The number of hydrogen-bond donors (Lipinski definition) is 2. The molecule has 1 saturated heterocycles. The maximum atomic E-state index is 12.1. The fourth-order valence-electron chi connectivity index (χ4n) is 3.02. The van der Waals surface area contributed by atoms with Crippen molar-refractivity contribution in [1.82, 2.24) is 0 Å². The number of carbonyl (C=O) groups is 1. The summed E-state index contributed by atoms with van der Waals surface area (Å²) in [6.07, 6.45) is 6.78. The van der Waals surface area contributed by atoms with Gasteiger partial charge in [-0.15, -0.1) is 0 Å². The molecule has 0 radical (unpaired) electrons. The summed E-state index contributed by atoms with van der Waals surface area (Å²) in [5, 5.41) is 3.01. The minimum absolute atomic E-state index is 0.118. The molecule has 4 heteroatoms. The molecule has 0 bridgehead atoms.